The first-order chi connectivity index (χ1) is 2.00. The van der Waals surface area contributed by atoms with Crippen molar-refractivity contribution >= 4 is 6.79 Å². The molecule has 0 N–H and O–H groups in total. The Morgan fingerprint density at radius 3 is 0.750 bits per heavy atom. The molecule has 2 nitrogen and oxygen atoms in total. The van der Waals surface area contributed by atoms with E-state index >= 15 is 0 Å². The van der Waals surface area contributed by atoms with Gasteiger partial charge in [0.2, 0.25) is 0 Å². The maximum atomic E-state index is 8.25. The SMILES string of the molecule is C=O.[CH3-].[CH3-].[CH3-].[CH3-].[O]=[Ti]. The van der Waals surface area contributed by atoms with Crippen LogP contribution in [-0.2, 0) is 28.5 Å². The average molecular weight is 154 g/mol. The molecule has 0 saturated heterocycles. The fraction of sp³-hybridized carbons (Fsp3) is 0. The molecule has 0 rings (SSSR count). The fourth-order valence-electron chi connectivity index (χ4n) is 0. The molecule has 0 aliphatic heterocycles. The molecule has 0 atom stereocenters. The van der Waals surface area contributed by atoms with E-state index in [1.807, 2.05) is 6.79 Å². The van der Waals surface area contributed by atoms with Crippen molar-refractivity contribution < 1.29 is 28.5 Å². The van der Waals surface area contributed by atoms with Gasteiger partial charge in [0, 0.05) is 0 Å². The molecule has 0 aromatic rings. The Balaban J connectivity index is -0.00000000167. The third kappa shape index (κ3) is 4890. The average Bonchev–Trinajstić information content (AvgIpc) is 1.50. The van der Waals surface area contributed by atoms with Gasteiger partial charge in [-0.3, -0.25) is 0 Å². The predicted octanol–water partition coefficient (Wildman–Crippen LogP) is 1.49. The van der Waals surface area contributed by atoms with Crippen LogP contribution in [-0.4, -0.2) is 6.79 Å². The third-order valence-electron chi connectivity index (χ3n) is 0. The van der Waals surface area contributed by atoms with Crippen molar-refractivity contribution in [2.75, 3.05) is 0 Å². The summed E-state index contributed by atoms with van der Waals surface area (Å²) in [7, 11) is 0. The molecule has 0 aromatic heterocycles. The predicted molar refractivity (Wildman–Crippen MR) is 33.5 cm³/mol. The van der Waals surface area contributed by atoms with E-state index in [0.29, 0.717) is 0 Å². The first kappa shape index (κ1) is 88.5. The van der Waals surface area contributed by atoms with E-state index in [-0.39, 0.29) is 29.7 Å². The number of carbonyl (C=O) groups is 1. The van der Waals surface area contributed by atoms with Crippen LogP contribution in [0.5, 0.6) is 0 Å². The minimum atomic E-state index is 0. The van der Waals surface area contributed by atoms with Crippen molar-refractivity contribution in [3.05, 3.63) is 29.7 Å². The Morgan fingerprint density at radius 2 is 0.750 bits per heavy atom. The minimum absolute atomic E-state index is 0. The van der Waals surface area contributed by atoms with Gasteiger partial charge in [-0.25, -0.2) is 0 Å². The quantitative estimate of drug-likeness (QED) is 0.391. The van der Waals surface area contributed by atoms with Gasteiger partial charge in [0.1, 0.15) is 6.79 Å². The van der Waals surface area contributed by atoms with E-state index in [1.165, 1.54) is 0 Å². The van der Waals surface area contributed by atoms with Crippen molar-refractivity contribution in [2.24, 2.45) is 0 Å². The normalized spacial score (nSPS) is 0.875. The molecule has 0 spiro atoms. The van der Waals surface area contributed by atoms with Crippen LogP contribution < -0.4 is 0 Å². The summed E-state index contributed by atoms with van der Waals surface area (Å²) in [6, 6.07) is 0. The van der Waals surface area contributed by atoms with Gasteiger partial charge in [-0.1, -0.05) is 0 Å². The van der Waals surface area contributed by atoms with Crippen LogP contribution in [0.25, 0.3) is 0 Å². The summed E-state index contributed by atoms with van der Waals surface area (Å²) in [5.41, 5.74) is 0. The van der Waals surface area contributed by atoms with Crippen molar-refractivity contribution in [1.82, 2.24) is 0 Å². The van der Waals surface area contributed by atoms with Crippen LogP contribution in [0.3, 0.4) is 0 Å². The summed E-state index contributed by atoms with van der Waals surface area (Å²) in [6.07, 6.45) is 0. The molecule has 0 radical (unpaired) electrons. The standard InChI is InChI=1S/CH2O.4CH3.O.Ti/c1-2;;;;;;/h1H2;4*1H3;;/q;4*-1;;. The molecule has 0 aliphatic rings. The van der Waals surface area contributed by atoms with Gasteiger partial charge in [0.15, 0.2) is 0 Å². The summed E-state index contributed by atoms with van der Waals surface area (Å²) in [5, 5.41) is 0. The van der Waals surface area contributed by atoms with Crippen molar-refractivity contribution in [1.29, 1.82) is 0 Å². The number of hydrogen-bond acceptors (Lipinski definition) is 2. The van der Waals surface area contributed by atoms with Gasteiger partial charge in [-0.05, 0) is 0 Å². The second kappa shape index (κ2) is 8090. The van der Waals surface area contributed by atoms with Crippen molar-refractivity contribution in [2.45, 2.75) is 0 Å². The van der Waals surface area contributed by atoms with Crippen LogP contribution in [0.4, 0.5) is 0 Å². The zero-order chi connectivity index (χ0) is 4.00. The Bertz CT molecular complexity index is 12.4. The van der Waals surface area contributed by atoms with Crippen LogP contribution in [0.1, 0.15) is 0 Å². The second-order valence-electron chi connectivity index (χ2n) is 0. The van der Waals surface area contributed by atoms with E-state index in [9.17, 15) is 0 Å². The van der Waals surface area contributed by atoms with Crippen molar-refractivity contribution in [3.63, 3.8) is 0 Å². The van der Waals surface area contributed by atoms with Crippen molar-refractivity contribution in [3.8, 4) is 0 Å². The van der Waals surface area contributed by atoms with Gasteiger partial charge < -0.3 is 34.5 Å². The summed E-state index contributed by atoms with van der Waals surface area (Å²) < 4.78 is 8.25. The molecule has 0 aliphatic carbocycles. The molecule has 0 saturated carbocycles. The molecule has 0 bridgehead atoms. The molecule has 8 heavy (non-hydrogen) atoms. The van der Waals surface area contributed by atoms with Gasteiger partial charge >= 0.3 is 23.7 Å². The molecule has 54 valence electrons. The summed E-state index contributed by atoms with van der Waals surface area (Å²) in [6.45, 7) is 2.00. The first-order valence-electron chi connectivity index (χ1n) is 0.493. The molecular weight excluding hydrogens is 140 g/mol. The van der Waals surface area contributed by atoms with E-state index in [2.05, 4.69) is 0 Å². The van der Waals surface area contributed by atoms with Crippen LogP contribution in [0.15, 0.2) is 0 Å². The second-order valence-corrected chi connectivity index (χ2v) is 0. The first-order valence-corrected chi connectivity index (χ1v) is 1.13. The Morgan fingerprint density at radius 1 is 0.750 bits per heavy atom. The van der Waals surface area contributed by atoms with E-state index in [0.717, 1.165) is 20.4 Å². The summed E-state index contributed by atoms with van der Waals surface area (Å²) >= 11 is 0.750. The monoisotopic (exact) mass is 154 g/mol. The van der Waals surface area contributed by atoms with Gasteiger partial charge in [0.25, 0.3) is 0 Å². The Kier molecular flexibility index (Phi) is 89500. The zero-order valence-corrected chi connectivity index (χ0v) is 7.59. The zero-order valence-electron chi connectivity index (χ0n) is 6.02. The number of hydrogen-bond donors (Lipinski definition) is 0. The molecule has 0 aromatic carbocycles. The molecule has 0 unspecified atom stereocenters. The molecule has 0 heterocycles. The number of carbonyl (C=O) groups excluding carboxylic acids is 1. The van der Waals surface area contributed by atoms with Gasteiger partial charge in [-0.15, -0.1) is 0 Å². The molecule has 0 fully saturated rings. The summed E-state index contributed by atoms with van der Waals surface area (Å²) in [5.74, 6) is 0. The van der Waals surface area contributed by atoms with E-state index in [4.69, 9.17) is 8.12 Å². The summed E-state index contributed by atoms with van der Waals surface area (Å²) in [4.78, 5) is 8.00. The van der Waals surface area contributed by atoms with Crippen LogP contribution >= 0.6 is 0 Å². The molecular formula is C5H14O2Ti-4. The van der Waals surface area contributed by atoms with Crippen LogP contribution in [0, 0.1) is 29.7 Å². The van der Waals surface area contributed by atoms with Gasteiger partial charge in [0.05, 0.1) is 0 Å². The Labute approximate surface area is 65.4 Å². The Hall–Kier alpha value is 0.184. The number of rotatable bonds is 0. The fourth-order valence-corrected chi connectivity index (χ4v) is 0. The van der Waals surface area contributed by atoms with E-state index in [1.54, 1.807) is 0 Å². The van der Waals surface area contributed by atoms with Crippen LogP contribution in [0.2, 0.25) is 0 Å². The topological polar surface area (TPSA) is 34.1 Å². The molecule has 0 amide bonds. The third-order valence-corrected chi connectivity index (χ3v) is 0. The molecule has 3 heteroatoms. The van der Waals surface area contributed by atoms with Gasteiger partial charge in [-0.2, -0.15) is 0 Å². The van der Waals surface area contributed by atoms with E-state index < -0.39 is 0 Å². The maximum absolute atomic E-state index is 8.25.